The van der Waals surface area contributed by atoms with Crippen LogP contribution in [0.1, 0.15) is 36.3 Å². The van der Waals surface area contributed by atoms with Crippen LogP contribution < -0.4 is 15.4 Å². The lowest BCUT2D eigenvalue weighted by molar-refractivity contribution is 0.113. The van der Waals surface area contributed by atoms with Gasteiger partial charge in [0.1, 0.15) is 17.3 Å². The highest BCUT2D eigenvalue weighted by Gasteiger charge is 2.26. The van der Waals surface area contributed by atoms with E-state index in [0.29, 0.717) is 53.4 Å². The first-order valence-electron chi connectivity index (χ1n) is 12.8. The van der Waals surface area contributed by atoms with Crippen LogP contribution in [0.25, 0.3) is 22.6 Å². The van der Waals surface area contributed by atoms with Crippen molar-refractivity contribution in [3.8, 4) is 28.4 Å². The summed E-state index contributed by atoms with van der Waals surface area (Å²) in [4.78, 5) is 23.5. The highest BCUT2D eigenvalue weighted by Crippen LogP contribution is 2.36. The minimum Gasteiger partial charge on any atom is -0.494 e. The van der Waals surface area contributed by atoms with Gasteiger partial charge in [0.2, 0.25) is 0 Å². The lowest BCUT2D eigenvalue weighted by Crippen LogP contribution is -2.42. The van der Waals surface area contributed by atoms with Crippen LogP contribution >= 0.6 is 11.6 Å². The van der Waals surface area contributed by atoms with E-state index in [1.54, 1.807) is 11.0 Å². The van der Waals surface area contributed by atoms with E-state index in [4.69, 9.17) is 35.6 Å². The molecule has 0 aliphatic carbocycles. The first-order valence-corrected chi connectivity index (χ1v) is 13.2. The number of piperidine rings is 1. The Morgan fingerprint density at radius 1 is 1.21 bits per heavy atom. The largest absolute Gasteiger partial charge is 0.494 e. The first-order chi connectivity index (χ1) is 18.3. The second kappa shape index (κ2) is 12.4. The molecule has 0 saturated carbocycles. The van der Waals surface area contributed by atoms with Crippen LogP contribution in [0.15, 0.2) is 22.7 Å². The number of rotatable bonds is 9. The molecule has 0 radical (unpaired) electrons. The van der Waals surface area contributed by atoms with Crippen molar-refractivity contribution in [2.75, 3.05) is 45.7 Å². The van der Waals surface area contributed by atoms with Crippen molar-refractivity contribution in [3.05, 3.63) is 40.2 Å². The van der Waals surface area contributed by atoms with Crippen molar-refractivity contribution in [3.63, 3.8) is 0 Å². The van der Waals surface area contributed by atoms with E-state index in [1.807, 2.05) is 40.0 Å². The van der Waals surface area contributed by atoms with Crippen molar-refractivity contribution in [1.29, 1.82) is 0 Å². The zero-order valence-electron chi connectivity index (χ0n) is 22.6. The maximum atomic E-state index is 11.9. The Balaban J connectivity index is 1.69. The third-order valence-electron chi connectivity index (χ3n) is 6.70. The molecule has 4 rings (SSSR count). The quantitative estimate of drug-likeness (QED) is 0.360. The molecule has 1 fully saturated rings. The molecule has 1 aliphatic rings. The monoisotopic (exact) mass is 542 g/mol. The molecule has 3 heterocycles. The maximum Gasteiger partial charge on any atom is 0.409 e. The molecule has 1 amide bonds. The maximum absolute atomic E-state index is 11.9. The number of carbonyl (C=O) groups excluding carboxylic acids is 1. The molecule has 2 N–H and O–H groups in total. The van der Waals surface area contributed by atoms with E-state index in [0.717, 1.165) is 48.3 Å². The van der Waals surface area contributed by atoms with Gasteiger partial charge in [-0.25, -0.2) is 14.8 Å². The minimum absolute atomic E-state index is 0.132. The van der Waals surface area contributed by atoms with Gasteiger partial charge < -0.3 is 29.5 Å². The van der Waals surface area contributed by atoms with Crippen LogP contribution in [0, 0.1) is 20.8 Å². The number of methoxy groups -OCH3 is 1. The molecule has 3 aromatic rings. The SMILES string of the molecule is CNCCCOc1ccc(Cl)c(-c2nc(NC3CCN(C(=O)OC)CC3)c(C)c(-c3c(C)noc3C)n2)c1. The van der Waals surface area contributed by atoms with Crippen LogP contribution in [0.4, 0.5) is 10.6 Å². The van der Waals surface area contributed by atoms with E-state index in [1.165, 1.54) is 7.11 Å². The van der Waals surface area contributed by atoms with Gasteiger partial charge >= 0.3 is 6.09 Å². The lowest BCUT2D eigenvalue weighted by Gasteiger charge is -2.32. The van der Waals surface area contributed by atoms with Crippen LogP contribution in [-0.4, -0.2) is 72.6 Å². The van der Waals surface area contributed by atoms with Crippen molar-refractivity contribution in [2.24, 2.45) is 0 Å². The number of amides is 1. The zero-order chi connectivity index (χ0) is 27.2. The molecule has 11 heteroatoms. The number of benzene rings is 1. The predicted octanol–water partition coefficient (Wildman–Crippen LogP) is 5.01. The van der Waals surface area contributed by atoms with Gasteiger partial charge in [0.25, 0.3) is 0 Å². The van der Waals surface area contributed by atoms with E-state index in [9.17, 15) is 4.79 Å². The smallest absolute Gasteiger partial charge is 0.409 e. The Morgan fingerprint density at radius 3 is 2.63 bits per heavy atom. The fourth-order valence-corrected chi connectivity index (χ4v) is 4.78. The standard InChI is InChI=1S/C27H35ClN6O4/c1-16-24(23-17(2)33-38-18(23)3)31-26(21-15-20(7-8-22(21)28)37-14-6-11-29-4)32-25(16)30-19-9-12-34(13-10-19)27(35)36-5/h7-8,15,19,29H,6,9-14H2,1-5H3,(H,30,31,32). The molecule has 0 bridgehead atoms. The van der Waals surface area contributed by atoms with Crippen molar-refractivity contribution >= 4 is 23.5 Å². The Bertz CT molecular complexity index is 1250. The second-order valence-electron chi connectivity index (χ2n) is 9.39. The van der Waals surface area contributed by atoms with E-state index in [2.05, 4.69) is 15.8 Å². The molecule has 1 aliphatic heterocycles. The van der Waals surface area contributed by atoms with Crippen LogP contribution in [0.5, 0.6) is 5.75 Å². The number of nitrogens with zero attached hydrogens (tertiary/aromatic N) is 4. The number of nitrogens with one attached hydrogen (secondary N) is 2. The fraction of sp³-hybridized carbons (Fsp3) is 0.481. The molecule has 1 saturated heterocycles. The summed E-state index contributed by atoms with van der Waals surface area (Å²) in [6.07, 6.45) is 2.12. The number of ether oxygens (including phenoxy) is 2. The van der Waals surface area contributed by atoms with Gasteiger partial charge in [-0.2, -0.15) is 0 Å². The number of hydrogen-bond donors (Lipinski definition) is 2. The fourth-order valence-electron chi connectivity index (χ4n) is 4.58. The summed E-state index contributed by atoms with van der Waals surface area (Å²) in [6, 6.07) is 5.66. The molecular formula is C27H35ClN6O4. The van der Waals surface area contributed by atoms with Crippen molar-refractivity contribution < 1.29 is 18.8 Å². The van der Waals surface area contributed by atoms with E-state index >= 15 is 0 Å². The normalized spacial score (nSPS) is 14.0. The van der Waals surface area contributed by atoms with Gasteiger partial charge in [-0.15, -0.1) is 0 Å². The van der Waals surface area contributed by atoms with E-state index in [-0.39, 0.29) is 12.1 Å². The molecule has 2 aromatic heterocycles. The summed E-state index contributed by atoms with van der Waals surface area (Å²) in [5.41, 5.74) is 3.88. The van der Waals surface area contributed by atoms with Gasteiger partial charge in [0, 0.05) is 30.3 Å². The van der Waals surface area contributed by atoms with E-state index < -0.39 is 0 Å². The third kappa shape index (κ3) is 6.19. The molecule has 204 valence electrons. The summed E-state index contributed by atoms with van der Waals surface area (Å²) in [7, 11) is 3.32. The molecule has 0 unspecified atom stereocenters. The topological polar surface area (TPSA) is 115 Å². The molecule has 38 heavy (non-hydrogen) atoms. The van der Waals surface area contributed by atoms with Crippen LogP contribution in [0.2, 0.25) is 5.02 Å². The Hall–Kier alpha value is -3.37. The van der Waals surface area contributed by atoms with Crippen LogP contribution in [0.3, 0.4) is 0 Å². The molecule has 0 spiro atoms. The average Bonchev–Trinajstić information content (AvgIpc) is 3.26. The highest BCUT2D eigenvalue weighted by molar-refractivity contribution is 6.33. The number of carbonyl (C=O) groups is 1. The Kier molecular flexibility index (Phi) is 9.06. The number of anilines is 1. The van der Waals surface area contributed by atoms with Crippen molar-refractivity contribution in [2.45, 2.75) is 46.1 Å². The minimum atomic E-state index is -0.299. The Morgan fingerprint density at radius 2 is 1.97 bits per heavy atom. The van der Waals surface area contributed by atoms with Crippen LogP contribution in [-0.2, 0) is 4.74 Å². The molecule has 10 nitrogen and oxygen atoms in total. The molecular weight excluding hydrogens is 508 g/mol. The summed E-state index contributed by atoms with van der Waals surface area (Å²) >= 11 is 6.65. The zero-order valence-corrected chi connectivity index (χ0v) is 23.3. The number of aromatic nitrogens is 3. The number of halogens is 1. The Labute approximate surface area is 228 Å². The molecule has 0 atom stereocenters. The summed E-state index contributed by atoms with van der Waals surface area (Å²) in [5.74, 6) is 2.57. The summed E-state index contributed by atoms with van der Waals surface area (Å²) in [6.45, 7) is 8.43. The van der Waals surface area contributed by atoms with Crippen molar-refractivity contribution in [1.82, 2.24) is 25.3 Å². The number of aryl methyl sites for hydroxylation is 2. The van der Waals surface area contributed by atoms with Gasteiger partial charge in [-0.05, 0) is 71.8 Å². The van der Waals surface area contributed by atoms with Gasteiger partial charge in [-0.1, -0.05) is 16.8 Å². The van der Waals surface area contributed by atoms with Gasteiger partial charge in [0.05, 0.1) is 35.7 Å². The lowest BCUT2D eigenvalue weighted by atomic mass is 10.0. The average molecular weight is 543 g/mol. The number of likely N-dealkylation sites (tertiary alicyclic amines) is 1. The predicted molar refractivity (Wildman–Crippen MR) is 147 cm³/mol. The highest BCUT2D eigenvalue weighted by atomic mass is 35.5. The van der Waals surface area contributed by atoms with Gasteiger partial charge in [0.15, 0.2) is 5.82 Å². The third-order valence-corrected chi connectivity index (χ3v) is 7.03. The second-order valence-corrected chi connectivity index (χ2v) is 9.80. The van der Waals surface area contributed by atoms with Gasteiger partial charge in [-0.3, -0.25) is 0 Å². The number of hydrogen-bond acceptors (Lipinski definition) is 9. The summed E-state index contributed by atoms with van der Waals surface area (Å²) < 4.78 is 16.3. The molecule has 1 aromatic carbocycles. The first kappa shape index (κ1) is 27.7. The summed E-state index contributed by atoms with van der Waals surface area (Å²) in [5, 5.41) is 11.4.